The van der Waals surface area contributed by atoms with E-state index in [9.17, 15) is 4.79 Å². The number of para-hydroxylation sites is 1. The van der Waals surface area contributed by atoms with E-state index in [-0.39, 0.29) is 5.91 Å². The van der Waals surface area contributed by atoms with Crippen molar-refractivity contribution in [2.24, 2.45) is 0 Å². The number of hydrogen-bond donors (Lipinski definition) is 1. The number of carbonyl (C=O) groups excluding carboxylic acids is 1. The lowest BCUT2D eigenvalue weighted by Crippen LogP contribution is -2.12. The fourth-order valence-electron chi connectivity index (χ4n) is 3.56. The summed E-state index contributed by atoms with van der Waals surface area (Å²) in [7, 11) is 0. The van der Waals surface area contributed by atoms with Gasteiger partial charge in [0.1, 0.15) is 11.4 Å². The molecule has 0 aliphatic heterocycles. The number of aryl methyl sites for hydroxylation is 1. The first-order chi connectivity index (χ1) is 16.1. The van der Waals surface area contributed by atoms with E-state index >= 15 is 0 Å². The summed E-state index contributed by atoms with van der Waals surface area (Å²) in [6.45, 7) is 4.07. The van der Waals surface area contributed by atoms with Crippen molar-refractivity contribution in [3.8, 4) is 28.3 Å². The molecule has 0 radical (unpaired) electrons. The molecule has 7 heteroatoms. The molecular formula is C26H21N5OS. The van der Waals surface area contributed by atoms with Crippen LogP contribution in [0.5, 0.6) is 0 Å². The van der Waals surface area contributed by atoms with E-state index in [0.717, 1.165) is 33.8 Å². The molecule has 3 aromatic heterocycles. The highest BCUT2D eigenvalue weighted by Gasteiger charge is 2.20. The van der Waals surface area contributed by atoms with Crippen LogP contribution in [0.25, 0.3) is 28.3 Å². The first kappa shape index (κ1) is 20.8. The van der Waals surface area contributed by atoms with Gasteiger partial charge in [-0.25, -0.2) is 9.67 Å². The molecule has 0 unspecified atom stereocenters. The second-order valence-corrected chi connectivity index (χ2v) is 8.49. The highest BCUT2D eigenvalue weighted by molar-refractivity contribution is 7.14. The van der Waals surface area contributed by atoms with Crippen LogP contribution in [0.2, 0.25) is 0 Å². The fourth-order valence-corrected chi connectivity index (χ4v) is 4.25. The van der Waals surface area contributed by atoms with Gasteiger partial charge < -0.3 is 0 Å². The summed E-state index contributed by atoms with van der Waals surface area (Å²) in [4.78, 5) is 22.4. The molecule has 5 aromatic rings. The predicted octanol–water partition coefficient (Wildman–Crippen LogP) is 5.93. The Balaban J connectivity index is 1.48. The lowest BCUT2D eigenvalue weighted by molar-refractivity contribution is 0.102. The van der Waals surface area contributed by atoms with Crippen LogP contribution in [0.3, 0.4) is 0 Å². The first-order valence-electron chi connectivity index (χ1n) is 10.5. The Bertz CT molecular complexity index is 1420. The van der Waals surface area contributed by atoms with Gasteiger partial charge in [0.15, 0.2) is 5.13 Å². The molecule has 1 N–H and O–H groups in total. The topological polar surface area (TPSA) is 72.7 Å². The van der Waals surface area contributed by atoms with Crippen molar-refractivity contribution in [3.63, 3.8) is 0 Å². The van der Waals surface area contributed by atoms with E-state index in [4.69, 9.17) is 5.10 Å². The van der Waals surface area contributed by atoms with Crippen molar-refractivity contribution < 1.29 is 4.79 Å². The number of pyridine rings is 1. The third-order valence-electron chi connectivity index (χ3n) is 5.47. The summed E-state index contributed by atoms with van der Waals surface area (Å²) in [6, 6.07) is 21.4. The zero-order valence-corrected chi connectivity index (χ0v) is 19.0. The Hall–Kier alpha value is -4.10. The second kappa shape index (κ2) is 8.80. The van der Waals surface area contributed by atoms with E-state index in [1.165, 1.54) is 11.3 Å². The minimum absolute atomic E-state index is 0.258. The maximum atomic E-state index is 13.3. The van der Waals surface area contributed by atoms with Gasteiger partial charge in [0.05, 0.1) is 16.9 Å². The summed E-state index contributed by atoms with van der Waals surface area (Å²) >= 11 is 1.38. The highest BCUT2D eigenvalue weighted by Crippen LogP contribution is 2.29. The SMILES string of the molecule is Cc1ccnc(-c2csc(NC(=O)c3cn(-c4ccccc4)nc3-c3ccccc3)n2)c1C. The molecule has 3 heterocycles. The summed E-state index contributed by atoms with van der Waals surface area (Å²) < 4.78 is 1.73. The average Bonchev–Trinajstić information content (AvgIpc) is 3.50. The number of rotatable bonds is 5. The van der Waals surface area contributed by atoms with Crippen LogP contribution in [0.1, 0.15) is 21.5 Å². The van der Waals surface area contributed by atoms with E-state index in [0.29, 0.717) is 16.4 Å². The van der Waals surface area contributed by atoms with Crippen molar-refractivity contribution in [1.82, 2.24) is 19.7 Å². The van der Waals surface area contributed by atoms with E-state index in [1.807, 2.05) is 86.0 Å². The summed E-state index contributed by atoms with van der Waals surface area (Å²) in [5.41, 5.74) is 6.66. The standard InChI is InChI=1S/C26H21N5OS/c1-17-13-14-27-23(18(17)2)22-16-33-26(28-22)29-25(32)21-15-31(20-11-7-4-8-12-20)30-24(21)19-9-5-3-6-10-19/h3-16H,1-2H3,(H,28,29,32). The second-order valence-electron chi connectivity index (χ2n) is 7.63. The van der Waals surface area contributed by atoms with Gasteiger partial charge in [-0.05, 0) is 43.2 Å². The maximum absolute atomic E-state index is 13.3. The van der Waals surface area contributed by atoms with Crippen LogP contribution < -0.4 is 5.32 Å². The minimum Gasteiger partial charge on any atom is -0.298 e. The Morgan fingerprint density at radius 2 is 1.67 bits per heavy atom. The molecule has 1 amide bonds. The van der Waals surface area contributed by atoms with Crippen molar-refractivity contribution in [2.45, 2.75) is 13.8 Å². The summed E-state index contributed by atoms with van der Waals surface area (Å²) in [5.74, 6) is -0.258. The van der Waals surface area contributed by atoms with Crippen molar-refractivity contribution >= 4 is 22.4 Å². The third kappa shape index (κ3) is 4.18. The van der Waals surface area contributed by atoms with Gasteiger partial charge in [-0.15, -0.1) is 11.3 Å². The van der Waals surface area contributed by atoms with Crippen molar-refractivity contribution in [3.05, 3.63) is 101 Å². The Kier molecular flexibility index (Phi) is 5.54. The molecule has 0 spiro atoms. The zero-order valence-electron chi connectivity index (χ0n) is 18.2. The molecule has 0 saturated carbocycles. The highest BCUT2D eigenvalue weighted by atomic mass is 32.1. The summed E-state index contributed by atoms with van der Waals surface area (Å²) in [6.07, 6.45) is 3.53. The third-order valence-corrected chi connectivity index (χ3v) is 6.23. The molecule has 0 fully saturated rings. The molecule has 33 heavy (non-hydrogen) atoms. The molecule has 0 bridgehead atoms. The Morgan fingerprint density at radius 1 is 0.939 bits per heavy atom. The largest absolute Gasteiger partial charge is 0.298 e. The molecule has 162 valence electrons. The number of nitrogens with one attached hydrogen (secondary N) is 1. The number of aromatic nitrogens is 4. The van der Waals surface area contributed by atoms with Crippen LogP contribution in [0, 0.1) is 13.8 Å². The number of carbonyl (C=O) groups is 1. The van der Waals surface area contributed by atoms with Gasteiger partial charge in [0.25, 0.3) is 5.91 Å². The van der Waals surface area contributed by atoms with Gasteiger partial charge in [0.2, 0.25) is 0 Å². The van der Waals surface area contributed by atoms with Crippen LogP contribution in [0.4, 0.5) is 5.13 Å². The normalized spacial score (nSPS) is 10.8. The number of thiazole rings is 1. The average molecular weight is 452 g/mol. The van der Waals surface area contributed by atoms with Crippen molar-refractivity contribution in [2.75, 3.05) is 5.32 Å². The number of nitrogens with zero attached hydrogens (tertiary/aromatic N) is 4. The van der Waals surface area contributed by atoms with E-state index in [1.54, 1.807) is 17.1 Å². The van der Waals surface area contributed by atoms with Crippen molar-refractivity contribution in [1.29, 1.82) is 0 Å². The molecule has 2 aromatic carbocycles. The van der Waals surface area contributed by atoms with E-state index < -0.39 is 0 Å². The van der Waals surface area contributed by atoms with Crippen LogP contribution in [-0.2, 0) is 0 Å². The molecule has 0 saturated heterocycles. The number of hydrogen-bond acceptors (Lipinski definition) is 5. The van der Waals surface area contributed by atoms with E-state index in [2.05, 4.69) is 15.3 Å². The maximum Gasteiger partial charge on any atom is 0.261 e. The lowest BCUT2D eigenvalue weighted by Gasteiger charge is -2.04. The van der Waals surface area contributed by atoms with Gasteiger partial charge >= 0.3 is 0 Å². The quantitative estimate of drug-likeness (QED) is 0.360. The minimum atomic E-state index is -0.258. The van der Waals surface area contributed by atoms with Crippen LogP contribution >= 0.6 is 11.3 Å². The molecule has 0 atom stereocenters. The predicted molar refractivity (Wildman–Crippen MR) is 132 cm³/mol. The fraction of sp³-hybridized carbons (Fsp3) is 0.0769. The van der Waals surface area contributed by atoms with Crippen LogP contribution in [-0.4, -0.2) is 25.7 Å². The molecule has 6 nitrogen and oxygen atoms in total. The number of benzene rings is 2. The molecule has 0 aliphatic carbocycles. The number of anilines is 1. The van der Waals surface area contributed by atoms with Crippen LogP contribution in [0.15, 0.2) is 84.5 Å². The monoisotopic (exact) mass is 451 g/mol. The lowest BCUT2D eigenvalue weighted by atomic mass is 10.1. The number of amides is 1. The summed E-state index contributed by atoms with van der Waals surface area (Å²) in [5, 5.41) is 10.1. The smallest absolute Gasteiger partial charge is 0.261 e. The molecule has 0 aliphatic rings. The first-order valence-corrected chi connectivity index (χ1v) is 11.4. The Labute approximate surface area is 195 Å². The molecule has 5 rings (SSSR count). The van der Waals surface area contributed by atoms with Gasteiger partial charge in [-0.3, -0.25) is 15.1 Å². The Morgan fingerprint density at radius 3 is 2.42 bits per heavy atom. The van der Waals surface area contributed by atoms with Gasteiger partial charge in [-0.1, -0.05) is 48.5 Å². The zero-order chi connectivity index (χ0) is 22.8. The van der Waals surface area contributed by atoms with Gasteiger partial charge in [-0.2, -0.15) is 5.10 Å². The van der Waals surface area contributed by atoms with Gasteiger partial charge in [0, 0.05) is 23.3 Å². The molecular weight excluding hydrogens is 430 g/mol.